The third kappa shape index (κ3) is 9.55. The first-order chi connectivity index (χ1) is 9.11. The highest BCUT2D eigenvalue weighted by molar-refractivity contribution is 7.48. The van der Waals surface area contributed by atoms with E-state index >= 15 is 0 Å². The highest BCUT2D eigenvalue weighted by atomic mass is 31.2. The first kappa shape index (κ1) is 19.0. The van der Waals surface area contributed by atoms with Crippen molar-refractivity contribution >= 4 is 7.82 Å². The van der Waals surface area contributed by atoms with Crippen LogP contribution in [-0.2, 0) is 18.1 Å². The summed E-state index contributed by atoms with van der Waals surface area (Å²) in [5.74, 6) is 0.309. The van der Waals surface area contributed by atoms with Crippen molar-refractivity contribution < 1.29 is 28.3 Å². The van der Waals surface area contributed by atoms with Gasteiger partial charge in [0.1, 0.15) is 0 Å². The van der Waals surface area contributed by atoms with Crippen molar-refractivity contribution in [3.8, 4) is 0 Å². The second-order valence-electron chi connectivity index (χ2n) is 4.27. The zero-order valence-corrected chi connectivity index (χ0v) is 12.8. The van der Waals surface area contributed by atoms with Gasteiger partial charge in [-0.1, -0.05) is 33.1 Å². The lowest BCUT2D eigenvalue weighted by molar-refractivity contribution is 0.0731. The number of unbranched alkanes of at least 4 members (excludes halogenated alkanes) is 1. The van der Waals surface area contributed by atoms with Gasteiger partial charge in [-0.25, -0.2) is 4.57 Å². The Labute approximate surface area is 115 Å². The molecule has 0 aromatic carbocycles. The van der Waals surface area contributed by atoms with Gasteiger partial charge in [0, 0.05) is 0 Å². The van der Waals surface area contributed by atoms with Crippen LogP contribution in [0.4, 0.5) is 0 Å². The standard InChI is InChI=1S/C12H27O6P/c1-3-5-6-12(4-2)11-18-19(15,16-9-7-13)17-10-8-14/h12-14H,3-11H2,1-2H3. The van der Waals surface area contributed by atoms with Crippen LogP contribution >= 0.6 is 7.82 Å². The van der Waals surface area contributed by atoms with Crippen LogP contribution in [0.15, 0.2) is 0 Å². The van der Waals surface area contributed by atoms with E-state index in [1.54, 1.807) is 0 Å². The fourth-order valence-electron chi connectivity index (χ4n) is 1.51. The quantitative estimate of drug-likeness (QED) is 0.508. The average Bonchev–Trinajstić information content (AvgIpc) is 2.43. The molecule has 116 valence electrons. The summed E-state index contributed by atoms with van der Waals surface area (Å²) >= 11 is 0. The Morgan fingerprint density at radius 2 is 1.63 bits per heavy atom. The number of aliphatic hydroxyl groups excluding tert-OH is 2. The summed E-state index contributed by atoms with van der Waals surface area (Å²) in [7, 11) is -3.67. The van der Waals surface area contributed by atoms with Gasteiger partial charge in [0.25, 0.3) is 0 Å². The van der Waals surface area contributed by atoms with Crippen molar-refractivity contribution in [3.05, 3.63) is 0 Å². The number of phosphoric acid groups is 1. The Bertz CT molecular complexity index is 236. The highest BCUT2D eigenvalue weighted by Crippen LogP contribution is 2.49. The zero-order valence-electron chi connectivity index (χ0n) is 11.9. The van der Waals surface area contributed by atoms with Crippen molar-refractivity contribution in [1.29, 1.82) is 0 Å². The van der Waals surface area contributed by atoms with E-state index in [4.69, 9.17) is 23.8 Å². The van der Waals surface area contributed by atoms with E-state index in [2.05, 4.69) is 13.8 Å². The van der Waals surface area contributed by atoms with Crippen LogP contribution in [0, 0.1) is 5.92 Å². The van der Waals surface area contributed by atoms with Crippen LogP contribution in [0.3, 0.4) is 0 Å². The Balaban J connectivity index is 4.24. The lowest BCUT2D eigenvalue weighted by Gasteiger charge is -2.20. The second kappa shape index (κ2) is 11.8. The number of hydrogen-bond donors (Lipinski definition) is 2. The summed E-state index contributed by atoms with van der Waals surface area (Å²) in [4.78, 5) is 0. The summed E-state index contributed by atoms with van der Waals surface area (Å²) in [6, 6.07) is 0. The van der Waals surface area contributed by atoms with Crippen LogP contribution in [0.2, 0.25) is 0 Å². The molecular weight excluding hydrogens is 271 g/mol. The van der Waals surface area contributed by atoms with Gasteiger partial charge in [0.05, 0.1) is 33.0 Å². The summed E-state index contributed by atoms with van der Waals surface area (Å²) in [5, 5.41) is 17.4. The van der Waals surface area contributed by atoms with Crippen LogP contribution in [-0.4, -0.2) is 43.2 Å². The molecule has 2 N–H and O–H groups in total. The molecule has 0 saturated heterocycles. The predicted molar refractivity (Wildman–Crippen MR) is 72.9 cm³/mol. The largest absolute Gasteiger partial charge is 0.474 e. The van der Waals surface area contributed by atoms with Gasteiger partial charge in [0.15, 0.2) is 0 Å². The maximum atomic E-state index is 12.1. The molecule has 0 radical (unpaired) electrons. The van der Waals surface area contributed by atoms with Gasteiger partial charge in [-0.15, -0.1) is 0 Å². The fourth-order valence-corrected chi connectivity index (χ4v) is 2.74. The molecule has 0 aliphatic rings. The first-order valence-corrected chi connectivity index (χ1v) is 8.33. The van der Waals surface area contributed by atoms with Crippen molar-refractivity contribution in [3.63, 3.8) is 0 Å². The molecule has 6 nitrogen and oxygen atoms in total. The number of phosphoric ester groups is 1. The maximum Gasteiger partial charge on any atom is 0.474 e. The molecule has 1 atom stereocenters. The molecule has 0 amide bonds. The van der Waals surface area contributed by atoms with E-state index in [1.807, 2.05) is 0 Å². The molecule has 0 aliphatic carbocycles. The van der Waals surface area contributed by atoms with Crippen molar-refractivity contribution in [2.45, 2.75) is 39.5 Å². The minimum absolute atomic E-state index is 0.117. The Hall–Kier alpha value is 0.0300. The van der Waals surface area contributed by atoms with Gasteiger partial charge in [-0.3, -0.25) is 13.6 Å². The van der Waals surface area contributed by atoms with E-state index in [9.17, 15) is 4.57 Å². The van der Waals surface area contributed by atoms with E-state index < -0.39 is 7.82 Å². The fraction of sp³-hybridized carbons (Fsp3) is 1.00. The summed E-state index contributed by atoms with van der Waals surface area (Å²) in [6.07, 6.45) is 4.14. The SMILES string of the molecule is CCCCC(CC)COP(=O)(OCCO)OCCO. The molecule has 0 heterocycles. The highest BCUT2D eigenvalue weighted by Gasteiger charge is 2.27. The molecule has 1 unspecified atom stereocenters. The Kier molecular flexibility index (Phi) is 11.8. The minimum Gasteiger partial charge on any atom is -0.394 e. The molecule has 0 rings (SSSR count). The van der Waals surface area contributed by atoms with Crippen molar-refractivity contribution in [2.24, 2.45) is 5.92 Å². The smallest absolute Gasteiger partial charge is 0.394 e. The number of rotatable bonds is 13. The molecule has 0 aromatic heterocycles. The van der Waals surface area contributed by atoms with Gasteiger partial charge in [0.2, 0.25) is 0 Å². The van der Waals surface area contributed by atoms with Gasteiger partial charge >= 0.3 is 7.82 Å². The van der Waals surface area contributed by atoms with Crippen LogP contribution in [0.1, 0.15) is 39.5 Å². The monoisotopic (exact) mass is 298 g/mol. The van der Waals surface area contributed by atoms with Gasteiger partial charge in [-0.2, -0.15) is 0 Å². The molecular formula is C12H27O6P. The Morgan fingerprint density at radius 1 is 1.05 bits per heavy atom. The summed E-state index contributed by atoms with van der Waals surface area (Å²) < 4.78 is 27.3. The molecule has 0 fully saturated rings. The Morgan fingerprint density at radius 3 is 2.05 bits per heavy atom. The molecule has 19 heavy (non-hydrogen) atoms. The first-order valence-electron chi connectivity index (χ1n) is 6.87. The molecule has 0 bridgehead atoms. The molecule has 0 aliphatic heterocycles. The number of hydrogen-bond acceptors (Lipinski definition) is 6. The van der Waals surface area contributed by atoms with Crippen LogP contribution in [0.5, 0.6) is 0 Å². The van der Waals surface area contributed by atoms with Gasteiger partial charge in [-0.05, 0) is 12.3 Å². The van der Waals surface area contributed by atoms with Gasteiger partial charge < -0.3 is 10.2 Å². The molecule has 7 heteroatoms. The molecule has 0 spiro atoms. The number of aliphatic hydroxyl groups is 2. The maximum absolute atomic E-state index is 12.1. The lowest BCUT2D eigenvalue weighted by atomic mass is 10.0. The summed E-state index contributed by atoms with van der Waals surface area (Å²) in [5.41, 5.74) is 0. The van der Waals surface area contributed by atoms with Crippen molar-refractivity contribution in [2.75, 3.05) is 33.0 Å². The zero-order chi connectivity index (χ0) is 14.6. The minimum atomic E-state index is -3.67. The third-order valence-electron chi connectivity index (χ3n) is 2.69. The van der Waals surface area contributed by atoms with E-state index in [1.165, 1.54) is 0 Å². The lowest BCUT2D eigenvalue weighted by Crippen LogP contribution is -2.12. The van der Waals surface area contributed by atoms with Crippen LogP contribution < -0.4 is 0 Å². The van der Waals surface area contributed by atoms with E-state index in [-0.39, 0.29) is 26.4 Å². The summed E-state index contributed by atoms with van der Waals surface area (Å²) in [6.45, 7) is 3.71. The van der Waals surface area contributed by atoms with E-state index in [0.29, 0.717) is 12.5 Å². The predicted octanol–water partition coefficient (Wildman–Crippen LogP) is 2.35. The molecule has 0 aromatic rings. The third-order valence-corrected chi connectivity index (χ3v) is 4.16. The van der Waals surface area contributed by atoms with Crippen molar-refractivity contribution in [1.82, 2.24) is 0 Å². The van der Waals surface area contributed by atoms with E-state index in [0.717, 1.165) is 25.7 Å². The normalized spacial score (nSPS) is 13.7. The topological polar surface area (TPSA) is 85.2 Å². The average molecular weight is 298 g/mol. The molecule has 0 saturated carbocycles. The van der Waals surface area contributed by atoms with Crippen LogP contribution in [0.25, 0.3) is 0 Å². The second-order valence-corrected chi connectivity index (χ2v) is 5.94.